The van der Waals surface area contributed by atoms with Crippen molar-refractivity contribution in [3.8, 4) is 0 Å². The van der Waals surface area contributed by atoms with E-state index in [0.717, 1.165) is 0 Å². The van der Waals surface area contributed by atoms with Crippen molar-refractivity contribution in [2.75, 3.05) is 13.1 Å². The van der Waals surface area contributed by atoms with E-state index in [9.17, 15) is 18.0 Å². The molecule has 1 saturated heterocycles. The minimum atomic E-state index is -4.50. The molecule has 1 aromatic rings. The molecule has 2 rings (SSSR count). The fourth-order valence-electron chi connectivity index (χ4n) is 2.56. The number of piperidine rings is 1. The van der Waals surface area contributed by atoms with Crippen LogP contribution in [0.1, 0.15) is 29.9 Å². The average Bonchev–Trinajstić information content (AvgIpc) is 2.37. The number of rotatable bonds is 1. The number of benzene rings is 1. The molecule has 1 N–H and O–H groups in total. The molecule has 0 aliphatic carbocycles. The van der Waals surface area contributed by atoms with Gasteiger partial charge >= 0.3 is 12.3 Å². The maximum absolute atomic E-state index is 13.1. The SMILES string of the molecule is O=C(O)N1CCC(c2cccc(Cl)c2C(F)(F)F)CC1. The highest BCUT2D eigenvalue weighted by Gasteiger charge is 2.38. The molecule has 1 aromatic carbocycles. The molecule has 3 nitrogen and oxygen atoms in total. The number of nitrogens with zero attached hydrogens (tertiary/aromatic N) is 1. The molecule has 20 heavy (non-hydrogen) atoms. The highest BCUT2D eigenvalue weighted by molar-refractivity contribution is 6.31. The van der Waals surface area contributed by atoms with E-state index in [4.69, 9.17) is 16.7 Å². The van der Waals surface area contributed by atoms with Crippen LogP contribution in [-0.2, 0) is 6.18 Å². The highest BCUT2D eigenvalue weighted by atomic mass is 35.5. The monoisotopic (exact) mass is 307 g/mol. The summed E-state index contributed by atoms with van der Waals surface area (Å²) in [4.78, 5) is 12.0. The lowest BCUT2D eigenvalue weighted by Gasteiger charge is -2.31. The summed E-state index contributed by atoms with van der Waals surface area (Å²) in [5.41, 5.74) is -0.634. The average molecular weight is 308 g/mol. The Morgan fingerprint density at radius 3 is 2.40 bits per heavy atom. The number of amides is 1. The Balaban J connectivity index is 2.27. The molecule has 1 heterocycles. The fourth-order valence-corrected chi connectivity index (χ4v) is 2.85. The van der Waals surface area contributed by atoms with Gasteiger partial charge in [0, 0.05) is 13.1 Å². The second-order valence-electron chi connectivity index (χ2n) is 4.75. The van der Waals surface area contributed by atoms with Crippen molar-refractivity contribution in [1.82, 2.24) is 4.90 Å². The molecule has 1 amide bonds. The standard InChI is InChI=1S/C13H13ClF3NO2/c14-10-3-1-2-9(11(10)13(15,16)17)8-4-6-18(7-5-8)12(19)20/h1-3,8H,4-7H2,(H,19,20). The molecule has 1 aliphatic heterocycles. The van der Waals surface area contributed by atoms with Gasteiger partial charge in [-0.3, -0.25) is 0 Å². The topological polar surface area (TPSA) is 40.5 Å². The van der Waals surface area contributed by atoms with Crippen LogP contribution in [0.5, 0.6) is 0 Å². The van der Waals surface area contributed by atoms with E-state index in [1.165, 1.54) is 23.1 Å². The number of hydrogen-bond acceptors (Lipinski definition) is 1. The van der Waals surface area contributed by atoms with Crippen molar-refractivity contribution < 1.29 is 23.1 Å². The van der Waals surface area contributed by atoms with Gasteiger partial charge < -0.3 is 10.0 Å². The summed E-state index contributed by atoms with van der Waals surface area (Å²) in [6.45, 7) is 0.480. The van der Waals surface area contributed by atoms with E-state index >= 15 is 0 Å². The van der Waals surface area contributed by atoms with Crippen molar-refractivity contribution in [2.24, 2.45) is 0 Å². The number of hydrogen-bond donors (Lipinski definition) is 1. The summed E-state index contributed by atoms with van der Waals surface area (Å²) >= 11 is 5.69. The van der Waals surface area contributed by atoms with Gasteiger partial charge in [0.25, 0.3) is 0 Å². The largest absolute Gasteiger partial charge is 0.465 e. The summed E-state index contributed by atoms with van der Waals surface area (Å²) in [5, 5.41) is 8.54. The first-order valence-corrected chi connectivity index (χ1v) is 6.52. The van der Waals surface area contributed by atoms with Gasteiger partial charge in [0.15, 0.2) is 0 Å². The Labute approximate surface area is 118 Å². The van der Waals surface area contributed by atoms with Crippen LogP contribution >= 0.6 is 11.6 Å². The number of halogens is 4. The van der Waals surface area contributed by atoms with Crippen molar-refractivity contribution >= 4 is 17.7 Å². The Bertz CT molecular complexity index is 511. The summed E-state index contributed by atoms with van der Waals surface area (Å²) in [6, 6.07) is 4.15. The van der Waals surface area contributed by atoms with Crippen molar-refractivity contribution in [1.29, 1.82) is 0 Å². The summed E-state index contributed by atoms with van der Waals surface area (Å²) < 4.78 is 39.2. The molecule has 0 unspecified atom stereocenters. The molecule has 0 saturated carbocycles. The molecular formula is C13H13ClF3NO2. The van der Waals surface area contributed by atoms with Gasteiger partial charge in [0.05, 0.1) is 10.6 Å². The third-order valence-corrected chi connectivity index (χ3v) is 3.85. The van der Waals surface area contributed by atoms with Crippen LogP contribution in [-0.4, -0.2) is 29.2 Å². The first-order chi connectivity index (χ1) is 9.30. The zero-order chi connectivity index (χ0) is 14.9. The van der Waals surface area contributed by atoms with Gasteiger partial charge in [0.1, 0.15) is 0 Å². The van der Waals surface area contributed by atoms with Gasteiger partial charge in [-0.2, -0.15) is 13.2 Å². The van der Waals surface area contributed by atoms with Crippen LogP contribution in [0.4, 0.5) is 18.0 Å². The van der Waals surface area contributed by atoms with E-state index in [-0.39, 0.29) is 29.6 Å². The maximum Gasteiger partial charge on any atom is 0.418 e. The molecule has 1 aliphatic rings. The fraction of sp³-hybridized carbons (Fsp3) is 0.462. The van der Waals surface area contributed by atoms with Crippen LogP contribution in [0.15, 0.2) is 18.2 Å². The Hall–Kier alpha value is -1.43. The second-order valence-corrected chi connectivity index (χ2v) is 5.15. The zero-order valence-electron chi connectivity index (χ0n) is 10.5. The summed E-state index contributed by atoms with van der Waals surface area (Å²) in [7, 11) is 0. The second kappa shape index (κ2) is 5.52. The summed E-state index contributed by atoms with van der Waals surface area (Å²) in [5.74, 6) is -0.319. The van der Waals surface area contributed by atoms with Crippen LogP contribution in [0.2, 0.25) is 5.02 Å². The van der Waals surface area contributed by atoms with Gasteiger partial charge in [-0.15, -0.1) is 0 Å². The van der Waals surface area contributed by atoms with Gasteiger partial charge in [-0.05, 0) is 30.4 Å². The Morgan fingerprint density at radius 1 is 1.30 bits per heavy atom. The van der Waals surface area contributed by atoms with Crippen LogP contribution in [0.3, 0.4) is 0 Å². The zero-order valence-corrected chi connectivity index (χ0v) is 11.2. The quantitative estimate of drug-likeness (QED) is 0.844. The van der Waals surface area contributed by atoms with Crippen molar-refractivity contribution in [3.63, 3.8) is 0 Å². The molecular weight excluding hydrogens is 295 g/mol. The third kappa shape index (κ3) is 3.00. The van der Waals surface area contributed by atoms with Crippen LogP contribution < -0.4 is 0 Å². The normalized spacial score (nSPS) is 17.3. The molecule has 0 aromatic heterocycles. The molecule has 0 spiro atoms. The number of carboxylic acid groups (broad SMARTS) is 1. The van der Waals surface area contributed by atoms with E-state index in [2.05, 4.69) is 0 Å². The molecule has 110 valence electrons. The van der Waals surface area contributed by atoms with Crippen LogP contribution in [0, 0.1) is 0 Å². The molecule has 0 atom stereocenters. The minimum Gasteiger partial charge on any atom is -0.465 e. The Kier molecular flexibility index (Phi) is 4.13. The van der Waals surface area contributed by atoms with E-state index in [0.29, 0.717) is 12.8 Å². The number of carbonyl (C=O) groups is 1. The smallest absolute Gasteiger partial charge is 0.418 e. The first kappa shape index (κ1) is 15.0. The number of likely N-dealkylation sites (tertiary alicyclic amines) is 1. The first-order valence-electron chi connectivity index (χ1n) is 6.14. The van der Waals surface area contributed by atoms with Crippen molar-refractivity contribution in [3.05, 3.63) is 34.3 Å². The third-order valence-electron chi connectivity index (χ3n) is 3.53. The lowest BCUT2D eigenvalue weighted by atomic mass is 9.86. The van der Waals surface area contributed by atoms with E-state index in [1.807, 2.05) is 0 Å². The van der Waals surface area contributed by atoms with Crippen LogP contribution in [0.25, 0.3) is 0 Å². The van der Waals surface area contributed by atoms with Gasteiger partial charge in [-0.25, -0.2) is 4.79 Å². The lowest BCUT2D eigenvalue weighted by molar-refractivity contribution is -0.138. The number of alkyl halides is 3. The molecule has 0 radical (unpaired) electrons. The maximum atomic E-state index is 13.1. The van der Waals surface area contributed by atoms with Gasteiger partial charge in [-0.1, -0.05) is 23.7 Å². The predicted octanol–water partition coefficient (Wildman–Crippen LogP) is 4.22. The minimum absolute atomic E-state index is 0.162. The highest BCUT2D eigenvalue weighted by Crippen LogP contribution is 2.42. The predicted molar refractivity (Wildman–Crippen MR) is 68.0 cm³/mol. The van der Waals surface area contributed by atoms with E-state index < -0.39 is 17.8 Å². The van der Waals surface area contributed by atoms with Gasteiger partial charge in [0.2, 0.25) is 0 Å². The van der Waals surface area contributed by atoms with E-state index in [1.54, 1.807) is 0 Å². The van der Waals surface area contributed by atoms with Crippen molar-refractivity contribution in [2.45, 2.75) is 24.9 Å². The molecule has 0 bridgehead atoms. The molecule has 7 heteroatoms. The summed E-state index contributed by atoms with van der Waals surface area (Å²) in [6.07, 6.45) is -4.80. The lowest BCUT2D eigenvalue weighted by Crippen LogP contribution is -2.37. The molecule has 1 fully saturated rings. The Morgan fingerprint density at radius 2 is 1.90 bits per heavy atom.